The van der Waals surface area contributed by atoms with Gasteiger partial charge in [0.05, 0.1) is 4.21 Å². The largest absolute Gasteiger partial charge is 0.133 e. The number of rotatable bonds is 1. The Morgan fingerprint density at radius 3 is 2.85 bits per heavy atom. The summed E-state index contributed by atoms with van der Waals surface area (Å²) in [5.74, 6) is 0. The molecule has 0 spiro atoms. The zero-order valence-corrected chi connectivity index (χ0v) is 11.6. The van der Waals surface area contributed by atoms with Crippen molar-refractivity contribution in [2.45, 2.75) is 9.10 Å². The van der Waals surface area contributed by atoms with E-state index >= 15 is 0 Å². The Morgan fingerprint density at radius 1 is 1.38 bits per heavy atom. The van der Waals surface area contributed by atoms with Gasteiger partial charge in [0.25, 0.3) is 0 Å². The highest BCUT2D eigenvalue weighted by molar-refractivity contribution is 14.1. The molecule has 4 heteroatoms. The second-order valence-corrected chi connectivity index (χ2v) is 6.49. The average molecular weight is 338 g/mol. The molecule has 0 aliphatic heterocycles. The van der Waals surface area contributed by atoms with Crippen molar-refractivity contribution in [3.63, 3.8) is 0 Å². The Kier molecular flexibility index (Phi) is 3.12. The summed E-state index contributed by atoms with van der Waals surface area (Å²) in [5.41, 5.74) is 0. The number of thiophene rings is 1. The summed E-state index contributed by atoms with van der Waals surface area (Å²) < 4.78 is 3.74. The molecule has 0 N–H and O–H groups in total. The van der Waals surface area contributed by atoms with E-state index in [1.807, 2.05) is 0 Å². The predicted octanol–water partition coefficient (Wildman–Crippen LogP) is 4.52. The Morgan fingerprint density at radius 2 is 2.15 bits per heavy atom. The van der Waals surface area contributed by atoms with E-state index in [0.717, 1.165) is 4.21 Å². The summed E-state index contributed by atoms with van der Waals surface area (Å²) in [6, 6.07) is 6.59. The van der Waals surface area contributed by atoms with Gasteiger partial charge in [0, 0.05) is 13.2 Å². The van der Waals surface area contributed by atoms with E-state index in [9.17, 15) is 0 Å². The van der Waals surface area contributed by atoms with Crippen molar-refractivity contribution < 1.29 is 0 Å². The molecule has 0 unspecified atom stereocenters. The van der Waals surface area contributed by atoms with Gasteiger partial charge in [0.15, 0.2) is 0 Å². The van der Waals surface area contributed by atoms with E-state index in [1.54, 1.807) is 23.1 Å². The van der Waals surface area contributed by atoms with Gasteiger partial charge < -0.3 is 0 Å². The van der Waals surface area contributed by atoms with Gasteiger partial charge in [-0.05, 0) is 52.4 Å². The van der Waals surface area contributed by atoms with Crippen molar-refractivity contribution in [1.29, 1.82) is 0 Å². The summed E-state index contributed by atoms with van der Waals surface area (Å²) in [4.78, 5) is 1.35. The average Bonchev–Trinajstić information content (AvgIpc) is 2.42. The number of thiol groups is 1. The second kappa shape index (κ2) is 4.00. The van der Waals surface area contributed by atoms with Gasteiger partial charge in [-0.2, -0.15) is 0 Å². The number of hydrogen-bond donors (Lipinski definition) is 1. The van der Waals surface area contributed by atoms with E-state index < -0.39 is 0 Å². The maximum Gasteiger partial charge on any atom is 0.0580 e. The van der Waals surface area contributed by atoms with Gasteiger partial charge in [-0.25, -0.2) is 0 Å². The summed E-state index contributed by atoms with van der Waals surface area (Å²) in [5, 5.41) is 1.31. The normalized spacial score (nSPS) is 11.0. The first-order valence-electron chi connectivity index (χ1n) is 3.67. The van der Waals surface area contributed by atoms with Crippen LogP contribution in [0.1, 0.15) is 0 Å². The molecule has 0 radical (unpaired) electrons. The third-order valence-corrected chi connectivity index (χ3v) is 5.12. The van der Waals surface area contributed by atoms with Crippen LogP contribution >= 0.6 is 58.3 Å². The van der Waals surface area contributed by atoms with Crippen LogP contribution in [0.3, 0.4) is 0 Å². The quantitative estimate of drug-likeness (QED) is 0.453. The van der Waals surface area contributed by atoms with E-state index in [-0.39, 0.29) is 0 Å². The molecular weight excluding hydrogens is 331 g/mol. The summed E-state index contributed by atoms with van der Waals surface area (Å²) >= 11 is 10.3. The van der Waals surface area contributed by atoms with Crippen LogP contribution in [-0.4, -0.2) is 6.26 Å². The molecule has 0 nitrogen and oxygen atoms in total. The van der Waals surface area contributed by atoms with Crippen LogP contribution in [0.2, 0.25) is 0 Å². The van der Waals surface area contributed by atoms with Gasteiger partial charge in [-0.15, -0.1) is 35.7 Å². The first kappa shape index (κ1) is 10.1. The zero-order valence-electron chi connectivity index (χ0n) is 6.87. The topological polar surface area (TPSA) is 0 Å². The molecule has 68 valence electrons. The molecule has 2 aromatic rings. The van der Waals surface area contributed by atoms with Gasteiger partial charge in [0.2, 0.25) is 0 Å². The lowest BCUT2D eigenvalue weighted by Crippen LogP contribution is -1.76. The minimum atomic E-state index is 1.09. The molecule has 0 saturated carbocycles. The molecule has 0 aliphatic carbocycles. The van der Waals surface area contributed by atoms with Crippen molar-refractivity contribution >= 4 is 68.4 Å². The zero-order chi connectivity index (χ0) is 9.42. The SMILES string of the molecule is CSc1cc2cc(S)sc2cc1I. The lowest BCUT2D eigenvalue weighted by Gasteiger charge is -1.99. The predicted molar refractivity (Wildman–Crippen MR) is 73.6 cm³/mol. The molecular formula is C9H7IS3. The summed E-state index contributed by atoms with van der Waals surface area (Å²) in [6.07, 6.45) is 2.11. The number of halogens is 1. The first-order chi connectivity index (χ1) is 6.20. The molecule has 1 heterocycles. The van der Waals surface area contributed by atoms with Crippen LogP contribution in [0.25, 0.3) is 10.1 Å². The first-order valence-corrected chi connectivity index (χ1v) is 7.23. The third-order valence-electron chi connectivity index (χ3n) is 1.78. The van der Waals surface area contributed by atoms with Crippen LogP contribution in [-0.2, 0) is 0 Å². The Bertz CT molecular complexity index is 447. The number of fused-ring (bicyclic) bond motifs is 1. The molecule has 0 bridgehead atoms. The van der Waals surface area contributed by atoms with Crippen LogP contribution in [0.4, 0.5) is 0 Å². The number of thioether (sulfide) groups is 1. The van der Waals surface area contributed by atoms with Crippen molar-refractivity contribution in [3.8, 4) is 0 Å². The fraction of sp³-hybridized carbons (Fsp3) is 0.111. The van der Waals surface area contributed by atoms with Gasteiger partial charge in [-0.1, -0.05) is 0 Å². The maximum atomic E-state index is 4.35. The molecule has 0 amide bonds. The van der Waals surface area contributed by atoms with Gasteiger partial charge >= 0.3 is 0 Å². The number of hydrogen-bond acceptors (Lipinski definition) is 3. The highest BCUT2D eigenvalue weighted by Crippen LogP contribution is 2.33. The molecule has 0 atom stereocenters. The van der Waals surface area contributed by atoms with Crippen molar-refractivity contribution in [2.24, 2.45) is 0 Å². The molecule has 0 aliphatic rings. The number of benzene rings is 1. The van der Waals surface area contributed by atoms with E-state index in [2.05, 4.69) is 59.7 Å². The van der Waals surface area contributed by atoms with Crippen LogP contribution in [0.5, 0.6) is 0 Å². The highest BCUT2D eigenvalue weighted by Gasteiger charge is 2.04. The molecule has 2 rings (SSSR count). The standard InChI is InChI=1S/C9H7IS3/c1-12-8-2-5-3-9(11)13-7(5)4-6(8)10/h2-4,11H,1H3. The summed E-state index contributed by atoms with van der Waals surface area (Å²) in [7, 11) is 0. The van der Waals surface area contributed by atoms with Gasteiger partial charge in [0.1, 0.15) is 0 Å². The van der Waals surface area contributed by atoms with Crippen molar-refractivity contribution in [3.05, 3.63) is 21.8 Å². The van der Waals surface area contributed by atoms with E-state index in [0.29, 0.717) is 0 Å². The van der Waals surface area contributed by atoms with Crippen molar-refractivity contribution in [2.75, 3.05) is 6.26 Å². The molecule has 1 aromatic heterocycles. The van der Waals surface area contributed by atoms with Crippen LogP contribution in [0, 0.1) is 3.57 Å². The lowest BCUT2D eigenvalue weighted by atomic mass is 10.3. The molecule has 0 fully saturated rings. The fourth-order valence-corrected chi connectivity index (χ4v) is 4.28. The third kappa shape index (κ3) is 2.00. The van der Waals surface area contributed by atoms with Gasteiger partial charge in [-0.3, -0.25) is 0 Å². The van der Waals surface area contributed by atoms with E-state index in [1.165, 1.54) is 18.6 Å². The smallest absolute Gasteiger partial charge is 0.0580 e. The van der Waals surface area contributed by atoms with Crippen molar-refractivity contribution in [1.82, 2.24) is 0 Å². The fourth-order valence-electron chi connectivity index (χ4n) is 1.18. The minimum Gasteiger partial charge on any atom is -0.133 e. The van der Waals surface area contributed by atoms with Crippen LogP contribution in [0.15, 0.2) is 27.3 Å². The Balaban J connectivity index is 2.72. The summed E-state index contributed by atoms with van der Waals surface area (Å²) in [6.45, 7) is 0. The second-order valence-electron chi connectivity index (χ2n) is 2.61. The molecule has 0 saturated heterocycles. The minimum absolute atomic E-state index is 1.09. The molecule has 1 aromatic carbocycles. The monoisotopic (exact) mass is 338 g/mol. The highest BCUT2D eigenvalue weighted by atomic mass is 127. The van der Waals surface area contributed by atoms with E-state index in [4.69, 9.17) is 0 Å². The van der Waals surface area contributed by atoms with Crippen LogP contribution < -0.4 is 0 Å². The Hall–Kier alpha value is 0.610. The molecule has 13 heavy (non-hydrogen) atoms. The maximum absolute atomic E-state index is 4.35. The Labute approximate surface area is 105 Å². The lowest BCUT2D eigenvalue weighted by molar-refractivity contribution is 1.46.